The van der Waals surface area contributed by atoms with Gasteiger partial charge in [0.25, 0.3) is 6.23 Å². The predicted molar refractivity (Wildman–Crippen MR) is 204 cm³/mol. The van der Waals surface area contributed by atoms with Gasteiger partial charge in [-0.05, 0) is 65.3 Å². The Morgan fingerprint density at radius 1 is 0.722 bits per heavy atom. The SMILES string of the molecule is CC(=O)Oc1ccc2[nH]c3c(C)c4cc[n+]([C@H]5O[C@@H](COCc6ccccc6)[C@H](OCc6ccccc6)[C@H]5OCc5ccccc5)cc4c(C)c3c2c1.[Br-]. The van der Waals surface area contributed by atoms with Crippen molar-refractivity contribution in [3.8, 4) is 5.75 Å². The van der Waals surface area contributed by atoms with Crippen molar-refractivity contribution in [2.24, 2.45) is 0 Å². The van der Waals surface area contributed by atoms with E-state index >= 15 is 0 Å². The van der Waals surface area contributed by atoms with Crippen molar-refractivity contribution in [3.05, 3.63) is 155 Å². The minimum Gasteiger partial charge on any atom is -1.00 e. The van der Waals surface area contributed by atoms with Crippen molar-refractivity contribution in [3.63, 3.8) is 0 Å². The number of aryl methyl sites for hydroxylation is 2. The van der Waals surface area contributed by atoms with Gasteiger partial charge in [0.1, 0.15) is 18.0 Å². The number of rotatable bonds is 12. The summed E-state index contributed by atoms with van der Waals surface area (Å²) in [5, 5.41) is 4.32. The zero-order valence-corrected chi connectivity index (χ0v) is 32.1. The highest BCUT2D eigenvalue weighted by molar-refractivity contribution is 6.16. The molecule has 0 radical (unpaired) electrons. The van der Waals surface area contributed by atoms with Crippen LogP contribution >= 0.6 is 0 Å². The number of benzene rings is 5. The van der Waals surface area contributed by atoms with Gasteiger partial charge in [-0.1, -0.05) is 91.0 Å². The summed E-state index contributed by atoms with van der Waals surface area (Å²) in [6.45, 7) is 7.32. The first-order chi connectivity index (χ1) is 25.9. The average molecular weight is 788 g/mol. The van der Waals surface area contributed by atoms with Gasteiger partial charge in [-0.3, -0.25) is 4.79 Å². The molecule has 1 aliphatic heterocycles. The lowest BCUT2D eigenvalue weighted by Crippen LogP contribution is -3.00. The summed E-state index contributed by atoms with van der Waals surface area (Å²) in [7, 11) is 0. The van der Waals surface area contributed by atoms with Crippen molar-refractivity contribution >= 4 is 38.5 Å². The fraction of sp³-hybridized carbons (Fsp3) is 0.244. The molecule has 1 fully saturated rings. The third kappa shape index (κ3) is 7.83. The summed E-state index contributed by atoms with van der Waals surface area (Å²) in [6, 6.07) is 38.4. The zero-order chi connectivity index (χ0) is 36.3. The van der Waals surface area contributed by atoms with E-state index in [4.69, 9.17) is 23.7 Å². The number of nitrogens with zero attached hydrogens (tertiary/aromatic N) is 1. The topological polar surface area (TPSA) is 82.9 Å². The summed E-state index contributed by atoms with van der Waals surface area (Å²) in [4.78, 5) is 15.4. The molecule has 5 aromatic carbocycles. The van der Waals surface area contributed by atoms with Gasteiger partial charge in [-0.2, -0.15) is 4.57 Å². The van der Waals surface area contributed by atoms with Gasteiger partial charge in [0, 0.05) is 34.7 Å². The fourth-order valence-electron chi connectivity index (χ4n) is 7.50. The van der Waals surface area contributed by atoms with E-state index in [1.165, 1.54) is 6.92 Å². The molecule has 0 spiro atoms. The number of aromatic nitrogens is 2. The Bertz CT molecular complexity index is 2370. The van der Waals surface area contributed by atoms with Gasteiger partial charge in [0.2, 0.25) is 0 Å². The molecule has 8 nitrogen and oxygen atoms in total. The molecule has 7 aromatic rings. The first kappa shape index (κ1) is 37.4. The molecule has 0 aliphatic carbocycles. The molecule has 0 unspecified atom stereocenters. The number of halogens is 1. The van der Waals surface area contributed by atoms with Gasteiger partial charge in [-0.15, -0.1) is 0 Å². The van der Waals surface area contributed by atoms with E-state index in [1.54, 1.807) is 0 Å². The van der Waals surface area contributed by atoms with Crippen LogP contribution in [-0.4, -0.2) is 35.9 Å². The normalized spacial score (nSPS) is 18.3. The summed E-state index contributed by atoms with van der Waals surface area (Å²) in [6.07, 6.45) is 2.49. The largest absolute Gasteiger partial charge is 1.00 e. The molecular formula is C45H43BrN2O6. The lowest BCUT2D eigenvalue weighted by Gasteiger charge is -2.23. The number of nitrogens with one attached hydrogen (secondary N) is 1. The van der Waals surface area contributed by atoms with Crippen molar-refractivity contribution < 1.29 is 50.0 Å². The predicted octanol–water partition coefficient (Wildman–Crippen LogP) is 5.59. The highest BCUT2D eigenvalue weighted by Crippen LogP contribution is 2.38. The Balaban J connectivity index is 0.00000450. The monoisotopic (exact) mass is 786 g/mol. The van der Waals surface area contributed by atoms with Crippen LogP contribution in [0, 0.1) is 13.8 Å². The number of fused-ring (bicyclic) bond motifs is 4. The standard InChI is InChI=1S/C45H42N2O6.BrH/c1-29-38-24-47(22-21-36(38)30(2)42-41(29)37-23-35(52-31(3)48)19-20-39(37)46-42)45-44(51-27-34-17-11-6-12-18-34)43(50-26-33-15-9-5-10-16-33)40(53-45)28-49-25-32-13-7-4-8-14-32;/h4-24,40,43-45H,25-28H2,1-3H3;1H/t40-,43-,44+,45-;/m0./s1. The number of carbonyl (C=O) groups is 1. The first-order valence-electron chi connectivity index (χ1n) is 18.1. The second kappa shape index (κ2) is 16.6. The van der Waals surface area contributed by atoms with Crippen LogP contribution in [0.1, 0.15) is 41.0 Å². The number of esters is 1. The minimum absolute atomic E-state index is 0. The Morgan fingerprint density at radius 3 is 1.96 bits per heavy atom. The van der Waals surface area contributed by atoms with Crippen molar-refractivity contribution in [1.29, 1.82) is 0 Å². The molecule has 2 aromatic heterocycles. The van der Waals surface area contributed by atoms with Gasteiger partial charge in [0.05, 0.1) is 31.9 Å². The van der Waals surface area contributed by atoms with Crippen molar-refractivity contribution in [2.75, 3.05) is 6.61 Å². The van der Waals surface area contributed by atoms with E-state index in [0.717, 1.165) is 60.4 Å². The lowest BCUT2D eigenvalue weighted by molar-refractivity contribution is -0.765. The molecule has 8 rings (SSSR count). The summed E-state index contributed by atoms with van der Waals surface area (Å²) < 4.78 is 34.4. The van der Waals surface area contributed by atoms with Crippen molar-refractivity contribution in [1.82, 2.24) is 4.98 Å². The van der Waals surface area contributed by atoms with Crippen LogP contribution in [0.3, 0.4) is 0 Å². The van der Waals surface area contributed by atoms with E-state index in [0.29, 0.717) is 32.2 Å². The highest BCUT2D eigenvalue weighted by atomic mass is 79.9. The molecule has 0 saturated carbocycles. The number of ether oxygens (including phenoxy) is 5. The van der Waals surface area contributed by atoms with Gasteiger partial charge in [0.15, 0.2) is 18.5 Å². The Morgan fingerprint density at radius 2 is 1.33 bits per heavy atom. The number of aromatic amines is 1. The van der Waals surface area contributed by atoms with E-state index in [-0.39, 0.29) is 23.0 Å². The molecule has 1 aliphatic rings. The molecule has 1 N–H and O–H groups in total. The van der Waals surface area contributed by atoms with Gasteiger partial charge < -0.3 is 45.6 Å². The maximum absolute atomic E-state index is 11.8. The van der Waals surface area contributed by atoms with E-state index in [1.807, 2.05) is 72.8 Å². The Hall–Kier alpha value is -4.90. The second-order valence-corrected chi connectivity index (χ2v) is 13.7. The van der Waals surface area contributed by atoms with E-state index in [9.17, 15) is 4.79 Å². The maximum atomic E-state index is 11.8. The van der Waals surface area contributed by atoms with Gasteiger partial charge >= 0.3 is 5.97 Å². The minimum atomic E-state index is -0.497. The molecule has 4 atom stereocenters. The van der Waals surface area contributed by atoms with Crippen LogP contribution in [0.4, 0.5) is 0 Å². The fourth-order valence-corrected chi connectivity index (χ4v) is 7.50. The number of carbonyl (C=O) groups excluding carboxylic acids is 1. The van der Waals surface area contributed by atoms with E-state index < -0.39 is 24.5 Å². The molecule has 54 heavy (non-hydrogen) atoms. The number of H-pyrrole nitrogens is 1. The Kier molecular flexibility index (Phi) is 11.5. The average Bonchev–Trinajstić information content (AvgIpc) is 3.74. The molecule has 0 bridgehead atoms. The van der Waals surface area contributed by atoms with Crippen LogP contribution < -0.4 is 26.3 Å². The molecule has 0 amide bonds. The van der Waals surface area contributed by atoms with Crippen LogP contribution in [0.15, 0.2) is 128 Å². The van der Waals surface area contributed by atoms with Crippen LogP contribution in [0.2, 0.25) is 0 Å². The third-order valence-corrected chi connectivity index (χ3v) is 10.1. The molecule has 3 heterocycles. The molecule has 9 heteroatoms. The summed E-state index contributed by atoms with van der Waals surface area (Å²) in [5.74, 6) is 0.171. The number of pyridine rings is 1. The quantitative estimate of drug-likeness (QED) is 0.0989. The second-order valence-electron chi connectivity index (χ2n) is 13.7. The lowest BCUT2D eigenvalue weighted by atomic mass is 9.97. The zero-order valence-electron chi connectivity index (χ0n) is 30.5. The smallest absolute Gasteiger partial charge is 0.308 e. The van der Waals surface area contributed by atoms with Gasteiger partial charge in [-0.25, -0.2) is 0 Å². The molecular weight excluding hydrogens is 744 g/mol. The molecule has 276 valence electrons. The summed E-state index contributed by atoms with van der Waals surface area (Å²) in [5.41, 5.74) is 7.54. The summed E-state index contributed by atoms with van der Waals surface area (Å²) >= 11 is 0. The van der Waals surface area contributed by atoms with Crippen LogP contribution in [-0.2, 0) is 43.6 Å². The maximum Gasteiger partial charge on any atom is 0.308 e. The first-order valence-corrected chi connectivity index (χ1v) is 18.1. The number of hydrogen-bond acceptors (Lipinski definition) is 6. The highest BCUT2D eigenvalue weighted by Gasteiger charge is 2.51. The van der Waals surface area contributed by atoms with E-state index in [2.05, 4.69) is 78.3 Å². The third-order valence-electron chi connectivity index (χ3n) is 10.1. The number of hydrogen-bond donors (Lipinski definition) is 1. The Labute approximate surface area is 325 Å². The van der Waals surface area contributed by atoms with Crippen LogP contribution in [0.5, 0.6) is 5.75 Å². The molecule has 1 saturated heterocycles. The van der Waals surface area contributed by atoms with Crippen LogP contribution in [0.25, 0.3) is 32.6 Å². The van der Waals surface area contributed by atoms with Crippen molar-refractivity contribution in [2.45, 2.75) is 65.1 Å².